The zero-order valence-corrected chi connectivity index (χ0v) is 16.5. The third kappa shape index (κ3) is 15.1. The van der Waals surface area contributed by atoms with E-state index in [1.165, 1.54) is 6.08 Å². The van der Waals surface area contributed by atoms with Crippen LogP contribution in [0.1, 0.15) is 40.2 Å². The van der Waals surface area contributed by atoms with Crippen LogP contribution >= 0.6 is 0 Å². The highest BCUT2D eigenvalue weighted by Gasteiger charge is 2.03. The fourth-order valence-electron chi connectivity index (χ4n) is 1.60. The minimum atomic E-state index is -0.541. The summed E-state index contributed by atoms with van der Waals surface area (Å²) in [5.74, 6) is -1.38. The predicted octanol–water partition coefficient (Wildman–Crippen LogP) is 3.71. The van der Waals surface area contributed by atoms with E-state index in [1.54, 1.807) is 40.7 Å². The monoisotopic (exact) mass is 376 g/mol. The summed E-state index contributed by atoms with van der Waals surface area (Å²) in [5, 5.41) is 0. The molecular formula is C21H28O6. The lowest BCUT2D eigenvalue weighted by Gasteiger charge is -2.05. The third-order valence-electron chi connectivity index (χ3n) is 2.56. The summed E-state index contributed by atoms with van der Waals surface area (Å²) in [6.07, 6.45) is 4.91. The van der Waals surface area contributed by atoms with Gasteiger partial charge >= 0.3 is 17.9 Å². The van der Waals surface area contributed by atoms with E-state index in [2.05, 4.69) is 0 Å². The van der Waals surface area contributed by atoms with Gasteiger partial charge in [0.05, 0.1) is 18.8 Å². The van der Waals surface area contributed by atoms with Crippen LogP contribution in [0.25, 0.3) is 6.08 Å². The molecule has 6 nitrogen and oxygen atoms in total. The van der Waals surface area contributed by atoms with E-state index >= 15 is 0 Å². The number of hydrogen-bond donors (Lipinski definition) is 0. The molecule has 0 amide bonds. The van der Waals surface area contributed by atoms with Crippen molar-refractivity contribution in [1.82, 2.24) is 0 Å². The Balaban J connectivity index is 0.000000501. The van der Waals surface area contributed by atoms with Gasteiger partial charge in [-0.05, 0) is 46.3 Å². The summed E-state index contributed by atoms with van der Waals surface area (Å²) in [4.78, 5) is 32.8. The number of rotatable bonds is 7. The Morgan fingerprint density at radius 1 is 0.815 bits per heavy atom. The Labute approximate surface area is 160 Å². The molecule has 1 aromatic rings. The molecule has 0 N–H and O–H groups in total. The Morgan fingerprint density at radius 3 is 1.70 bits per heavy atom. The molecular weight excluding hydrogens is 348 g/mol. The van der Waals surface area contributed by atoms with E-state index in [-0.39, 0.29) is 18.2 Å². The molecule has 0 aromatic heterocycles. The van der Waals surface area contributed by atoms with Crippen LogP contribution in [0.3, 0.4) is 0 Å². The topological polar surface area (TPSA) is 78.9 Å². The highest BCUT2D eigenvalue weighted by atomic mass is 16.5. The summed E-state index contributed by atoms with van der Waals surface area (Å²) < 4.78 is 14.3. The molecule has 0 spiro atoms. The lowest BCUT2D eigenvalue weighted by molar-refractivity contribution is -0.144. The molecule has 0 aliphatic heterocycles. The van der Waals surface area contributed by atoms with Crippen molar-refractivity contribution in [2.45, 2.75) is 46.8 Å². The standard InChI is InChI=1S/C11H12O2.C10H16O4/c1-2-13-11(12)9-8-10-6-4-3-5-7-10;1-7(2)13-9(11)5-6-10(12)14-8(3)4/h3-9H,2H2,1H3;5-8H,1-4H3/b;6-5+. The van der Waals surface area contributed by atoms with E-state index in [1.807, 2.05) is 30.3 Å². The van der Waals surface area contributed by atoms with E-state index in [0.717, 1.165) is 17.7 Å². The molecule has 0 atom stereocenters. The van der Waals surface area contributed by atoms with Gasteiger partial charge in [-0.2, -0.15) is 0 Å². The minimum absolute atomic E-state index is 0.187. The number of esters is 3. The average Bonchev–Trinajstić information content (AvgIpc) is 2.59. The first-order valence-corrected chi connectivity index (χ1v) is 8.73. The maximum atomic E-state index is 10.9. The average molecular weight is 376 g/mol. The van der Waals surface area contributed by atoms with Gasteiger partial charge in [0.1, 0.15) is 0 Å². The number of carbonyl (C=O) groups excluding carboxylic acids is 3. The molecule has 0 saturated carbocycles. The first-order valence-electron chi connectivity index (χ1n) is 8.73. The Kier molecular flexibility index (Phi) is 12.8. The fraction of sp³-hybridized carbons (Fsp3) is 0.381. The van der Waals surface area contributed by atoms with Crippen LogP contribution in [0.15, 0.2) is 48.6 Å². The van der Waals surface area contributed by atoms with Crippen LogP contribution in [0.4, 0.5) is 0 Å². The summed E-state index contributed by atoms with van der Waals surface area (Å²) in [7, 11) is 0. The minimum Gasteiger partial charge on any atom is -0.463 e. The van der Waals surface area contributed by atoms with Crippen LogP contribution in [0.2, 0.25) is 0 Å². The Bertz CT molecular complexity index is 605. The predicted molar refractivity (Wildman–Crippen MR) is 104 cm³/mol. The van der Waals surface area contributed by atoms with Gasteiger partial charge in [0, 0.05) is 18.2 Å². The van der Waals surface area contributed by atoms with Crippen molar-refractivity contribution in [2.24, 2.45) is 0 Å². The van der Waals surface area contributed by atoms with Gasteiger partial charge in [-0.25, -0.2) is 14.4 Å². The van der Waals surface area contributed by atoms with Gasteiger partial charge in [-0.15, -0.1) is 0 Å². The maximum Gasteiger partial charge on any atom is 0.331 e. The summed E-state index contributed by atoms with van der Waals surface area (Å²) in [6, 6.07) is 9.63. The molecule has 0 aliphatic rings. The Hall–Kier alpha value is -2.89. The lowest BCUT2D eigenvalue weighted by atomic mass is 10.2. The smallest absolute Gasteiger partial charge is 0.331 e. The molecule has 0 saturated heterocycles. The molecule has 6 heteroatoms. The van der Waals surface area contributed by atoms with Crippen molar-refractivity contribution in [3.8, 4) is 0 Å². The van der Waals surface area contributed by atoms with Crippen molar-refractivity contribution in [3.63, 3.8) is 0 Å². The van der Waals surface area contributed by atoms with E-state index in [4.69, 9.17) is 14.2 Å². The third-order valence-corrected chi connectivity index (χ3v) is 2.56. The van der Waals surface area contributed by atoms with Gasteiger partial charge in [-0.3, -0.25) is 0 Å². The second-order valence-electron chi connectivity index (χ2n) is 5.80. The molecule has 1 rings (SSSR count). The van der Waals surface area contributed by atoms with Crippen LogP contribution < -0.4 is 0 Å². The molecule has 0 unspecified atom stereocenters. The van der Waals surface area contributed by atoms with Crippen molar-refractivity contribution in [2.75, 3.05) is 6.61 Å². The summed E-state index contributed by atoms with van der Waals surface area (Å²) in [6.45, 7) is 9.14. The van der Waals surface area contributed by atoms with Crippen molar-refractivity contribution in [3.05, 3.63) is 54.1 Å². The molecule has 0 aliphatic carbocycles. The second-order valence-corrected chi connectivity index (χ2v) is 5.80. The van der Waals surface area contributed by atoms with Crippen LogP contribution in [0, 0.1) is 0 Å². The molecule has 0 bridgehead atoms. The maximum absolute atomic E-state index is 10.9. The SMILES string of the molecule is CC(C)OC(=O)/C=C/C(=O)OC(C)C.CCOC(=O)C=Cc1ccccc1. The number of carbonyl (C=O) groups is 3. The molecule has 0 radical (unpaired) electrons. The van der Waals surface area contributed by atoms with Crippen molar-refractivity contribution < 1.29 is 28.6 Å². The molecule has 148 valence electrons. The highest BCUT2D eigenvalue weighted by molar-refractivity contribution is 5.91. The van der Waals surface area contributed by atoms with E-state index in [0.29, 0.717) is 6.61 Å². The summed E-state index contributed by atoms with van der Waals surface area (Å²) in [5.41, 5.74) is 0.996. The normalized spacial score (nSPS) is 10.6. The summed E-state index contributed by atoms with van der Waals surface area (Å²) >= 11 is 0. The molecule has 27 heavy (non-hydrogen) atoms. The van der Waals surface area contributed by atoms with Gasteiger partial charge < -0.3 is 14.2 Å². The largest absolute Gasteiger partial charge is 0.463 e. The van der Waals surface area contributed by atoms with Crippen molar-refractivity contribution >= 4 is 24.0 Å². The Morgan fingerprint density at radius 2 is 1.30 bits per heavy atom. The number of ether oxygens (including phenoxy) is 3. The van der Waals surface area contributed by atoms with Gasteiger partial charge in [0.2, 0.25) is 0 Å². The highest BCUT2D eigenvalue weighted by Crippen LogP contribution is 2.00. The molecule has 1 aromatic carbocycles. The number of hydrogen-bond acceptors (Lipinski definition) is 6. The van der Waals surface area contributed by atoms with Crippen LogP contribution in [-0.4, -0.2) is 36.7 Å². The van der Waals surface area contributed by atoms with E-state index in [9.17, 15) is 14.4 Å². The van der Waals surface area contributed by atoms with Crippen molar-refractivity contribution in [1.29, 1.82) is 0 Å². The first kappa shape index (κ1) is 24.1. The quantitative estimate of drug-likeness (QED) is 0.410. The number of benzene rings is 1. The molecule has 0 heterocycles. The van der Waals surface area contributed by atoms with Gasteiger partial charge in [-0.1, -0.05) is 30.3 Å². The first-order chi connectivity index (χ1) is 12.7. The second kappa shape index (κ2) is 14.3. The fourth-order valence-corrected chi connectivity index (χ4v) is 1.60. The lowest BCUT2D eigenvalue weighted by Crippen LogP contribution is -2.11. The van der Waals surface area contributed by atoms with Gasteiger partial charge in [0.15, 0.2) is 0 Å². The zero-order valence-electron chi connectivity index (χ0n) is 16.5. The van der Waals surface area contributed by atoms with Crippen LogP contribution in [0.5, 0.6) is 0 Å². The van der Waals surface area contributed by atoms with E-state index < -0.39 is 11.9 Å². The molecule has 0 fully saturated rings. The van der Waals surface area contributed by atoms with Crippen LogP contribution in [-0.2, 0) is 28.6 Å². The van der Waals surface area contributed by atoms with Gasteiger partial charge in [0.25, 0.3) is 0 Å². The zero-order chi connectivity index (χ0) is 20.7.